The van der Waals surface area contributed by atoms with Crippen LogP contribution in [-0.2, 0) is 4.32 Å². The number of carbonyl (C=O) groups is 1. The van der Waals surface area contributed by atoms with Crippen LogP contribution >= 0.6 is 15.9 Å². The molecule has 1 unspecified atom stereocenters. The minimum Gasteiger partial charge on any atom is -0.298 e. The van der Waals surface area contributed by atoms with Gasteiger partial charge in [-0.25, -0.2) is 0 Å². The molecule has 0 radical (unpaired) electrons. The monoisotopic (exact) mass is 338 g/mol. The van der Waals surface area contributed by atoms with Crippen LogP contribution in [0.1, 0.15) is 27.9 Å². The Hall–Kier alpha value is -1.93. The van der Waals surface area contributed by atoms with Gasteiger partial charge in [-0.2, -0.15) is 0 Å². The summed E-state index contributed by atoms with van der Waals surface area (Å²) in [5, 5.41) is 0. The summed E-state index contributed by atoms with van der Waals surface area (Å²) in [4.78, 5) is 11.3. The van der Waals surface area contributed by atoms with Crippen molar-refractivity contribution >= 4 is 27.8 Å². The molecule has 0 spiro atoms. The maximum absolute atomic E-state index is 11.3. The fraction of sp³-hybridized carbons (Fsp3) is 0.105. The Morgan fingerprint density at radius 2 is 1.71 bits per heavy atom. The number of benzene rings is 2. The zero-order chi connectivity index (χ0) is 14.7. The fourth-order valence-electron chi connectivity index (χ4n) is 2.73. The van der Waals surface area contributed by atoms with E-state index in [9.17, 15) is 4.79 Å². The van der Waals surface area contributed by atoms with E-state index in [2.05, 4.69) is 46.3 Å². The van der Waals surface area contributed by atoms with Crippen LogP contribution in [0.25, 0.3) is 5.57 Å². The molecule has 0 aliphatic heterocycles. The lowest BCUT2D eigenvalue weighted by molar-refractivity contribution is 0.112. The SMILES string of the molecule is O=Cc1ccccc1C1(Br)C=CC=C(c2ccccc2)C1. The molecular weight excluding hydrogens is 324 g/mol. The molecule has 1 nitrogen and oxygen atoms in total. The summed E-state index contributed by atoms with van der Waals surface area (Å²) in [5.41, 5.74) is 4.22. The first-order chi connectivity index (χ1) is 10.2. The van der Waals surface area contributed by atoms with Crippen molar-refractivity contribution in [2.24, 2.45) is 0 Å². The van der Waals surface area contributed by atoms with Gasteiger partial charge in [0.25, 0.3) is 0 Å². The van der Waals surface area contributed by atoms with E-state index < -0.39 is 0 Å². The number of hydrogen-bond donors (Lipinski definition) is 0. The Morgan fingerprint density at radius 1 is 1.00 bits per heavy atom. The van der Waals surface area contributed by atoms with E-state index in [1.165, 1.54) is 11.1 Å². The summed E-state index contributed by atoms with van der Waals surface area (Å²) in [5.74, 6) is 0. The lowest BCUT2D eigenvalue weighted by atomic mass is 9.83. The van der Waals surface area contributed by atoms with Crippen molar-refractivity contribution in [3.63, 3.8) is 0 Å². The van der Waals surface area contributed by atoms with E-state index in [4.69, 9.17) is 0 Å². The lowest BCUT2D eigenvalue weighted by Gasteiger charge is -2.29. The smallest absolute Gasteiger partial charge is 0.150 e. The molecule has 0 saturated heterocycles. The maximum Gasteiger partial charge on any atom is 0.150 e. The second-order valence-electron chi connectivity index (χ2n) is 5.16. The molecule has 104 valence electrons. The summed E-state index contributed by atoms with van der Waals surface area (Å²) in [6, 6.07) is 18.1. The van der Waals surface area contributed by atoms with Crippen molar-refractivity contribution in [1.82, 2.24) is 0 Å². The van der Waals surface area contributed by atoms with Gasteiger partial charge in [0.05, 0.1) is 4.32 Å². The normalized spacial score (nSPS) is 20.9. The average molecular weight is 339 g/mol. The minimum absolute atomic E-state index is 0.329. The van der Waals surface area contributed by atoms with Crippen LogP contribution in [0.5, 0.6) is 0 Å². The zero-order valence-electron chi connectivity index (χ0n) is 11.5. The summed E-state index contributed by atoms with van der Waals surface area (Å²) >= 11 is 3.85. The van der Waals surface area contributed by atoms with E-state index >= 15 is 0 Å². The molecule has 1 atom stereocenters. The number of halogens is 1. The van der Waals surface area contributed by atoms with Crippen LogP contribution in [0.4, 0.5) is 0 Å². The van der Waals surface area contributed by atoms with Gasteiger partial charge >= 0.3 is 0 Å². The van der Waals surface area contributed by atoms with E-state index in [-0.39, 0.29) is 4.32 Å². The molecule has 21 heavy (non-hydrogen) atoms. The van der Waals surface area contributed by atoms with Crippen molar-refractivity contribution in [1.29, 1.82) is 0 Å². The van der Waals surface area contributed by atoms with Crippen molar-refractivity contribution in [3.8, 4) is 0 Å². The molecule has 0 fully saturated rings. The molecule has 2 aromatic carbocycles. The molecule has 1 aliphatic rings. The minimum atomic E-state index is -0.329. The Morgan fingerprint density at radius 3 is 2.48 bits per heavy atom. The van der Waals surface area contributed by atoms with Crippen molar-refractivity contribution in [2.45, 2.75) is 10.7 Å². The van der Waals surface area contributed by atoms with Crippen LogP contribution in [0.15, 0.2) is 72.8 Å². The number of allylic oxidation sites excluding steroid dienone is 4. The zero-order valence-corrected chi connectivity index (χ0v) is 13.1. The van der Waals surface area contributed by atoms with Gasteiger partial charge in [0.15, 0.2) is 0 Å². The van der Waals surface area contributed by atoms with Crippen LogP contribution < -0.4 is 0 Å². The highest BCUT2D eigenvalue weighted by Gasteiger charge is 2.31. The summed E-state index contributed by atoms with van der Waals surface area (Å²) < 4.78 is -0.329. The fourth-order valence-corrected chi connectivity index (χ4v) is 3.54. The number of alkyl halides is 1. The molecule has 2 heteroatoms. The predicted octanol–water partition coefficient (Wildman–Crippen LogP) is 5.13. The number of aldehydes is 1. The van der Waals surface area contributed by atoms with Gasteiger partial charge in [-0.1, -0.05) is 88.8 Å². The van der Waals surface area contributed by atoms with Crippen LogP contribution in [-0.4, -0.2) is 6.29 Å². The second kappa shape index (κ2) is 5.82. The Kier molecular flexibility index (Phi) is 3.89. The first-order valence-electron chi connectivity index (χ1n) is 6.90. The van der Waals surface area contributed by atoms with Crippen molar-refractivity contribution in [2.75, 3.05) is 0 Å². The number of carbonyl (C=O) groups excluding carboxylic acids is 1. The molecule has 2 aromatic rings. The van der Waals surface area contributed by atoms with E-state index in [0.29, 0.717) is 0 Å². The molecular formula is C19H15BrO. The molecule has 0 bridgehead atoms. The Bertz CT molecular complexity index is 715. The molecule has 0 aromatic heterocycles. The molecule has 0 saturated carbocycles. The third kappa shape index (κ3) is 2.77. The molecule has 1 aliphatic carbocycles. The Labute approximate surface area is 133 Å². The summed E-state index contributed by atoms with van der Waals surface area (Å²) in [6.07, 6.45) is 8.05. The molecule has 3 rings (SSSR count). The largest absolute Gasteiger partial charge is 0.298 e. The highest BCUT2D eigenvalue weighted by molar-refractivity contribution is 9.09. The van der Waals surface area contributed by atoms with Crippen LogP contribution in [0.2, 0.25) is 0 Å². The van der Waals surface area contributed by atoms with E-state index in [1.54, 1.807) is 0 Å². The predicted molar refractivity (Wildman–Crippen MR) is 90.6 cm³/mol. The van der Waals surface area contributed by atoms with Gasteiger partial charge in [-0.15, -0.1) is 0 Å². The molecule has 0 heterocycles. The number of rotatable bonds is 3. The Balaban J connectivity index is 2.00. The molecule has 0 amide bonds. The van der Waals surface area contributed by atoms with E-state index in [0.717, 1.165) is 23.8 Å². The highest BCUT2D eigenvalue weighted by Crippen LogP contribution is 2.44. The van der Waals surface area contributed by atoms with Gasteiger partial charge in [0.1, 0.15) is 6.29 Å². The van der Waals surface area contributed by atoms with Gasteiger partial charge in [-0.05, 0) is 23.1 Å². The van der Waals surface area contributed by atoms with Gasteiger partial charge in [0.2, 0.25) is 0 Å². The van der Waals surface area contributed by atoms with Crippen LogP contribution in [0.3, 0.4) is 0 Å². The number of hydrogen-bond acceptors (Lipinski definition) is 1. The topological polar surface area (TPSA) is 17.1 Å². The van der Waals surface area contributed by atoms with Gasteiger partial charge < -0.3 is 0 Å². The van der Waals surface area contributed by atoms with Gasteiger partial charge in [0, 0.05) is 5.56 Å². The third-order valence-corrected chi connectivity index (χ3v) is 4.76. The summed E-state index contributed by atoms with van der Waals surface area (Å²) in [7, 11) is 0. The standard InChI is InChI=1S/C19H15BrO/c20-19(18-11-5-4-9-17(18)14-21)12-6-10-16(13-19)15-7-2-1-3-8-15/h1-12,14H,13H2. The molecule has 0 N–H and O–H groups in total. The maximum atomic E-state index is 11.3. The summed E-state index contributed by atoms with van der Waals surface area (Å²) in [6.45, 7) is 0. The quantitative estimate of drug-likeness (QED) is 0.559. The highest BCUT2D eigenvalue weighted by atomic mass is 79.9. The second-order valence-corrected chi connectivity index (χ2v) is 6.58. The third-order valence-electron chi connectivity index (χ3n) is 3.79. The van der Waals surface area contributed by atoms with Crippen molar-refractivity contribution in [3.05, 3.63) is 89.5 Å². The first kappa shape index (κ1) is 14.0. The van der Waals surface area contributed by atoms with Gasteiger partial charge in [-0.3, -0.25) is 4.79 Å². The van der Waals surface area contributed by atoms with Crippen molar-refractivity contribution < 1.29 is 4.79 Å². The van der Waals surface area contributed by atoms with Crippen LogP contribution in [0, 0.1) is 0 Å². The average Bonchev–Trinajstić information content (AvgIpc) is 2.56. The first-order valence-corrected chi connectivity index (χ1v) is 7.70. The van der Waals surface area contributed by atoms with E-state index in [1.807, 2.05) is 42.5 Å². The lowest BCUT2D eigenvalue weighted by Crippen LogP contribution is -2.19.